The summed E-state index contributed by atoms with van der Waals surface area (Å²) in [6, 6.07) is 10.1. The Morgan fingerprint density at radius 3 is 1.86 bits per heavy atom. The second-order valence-electron chi connectivity index (χ2n) is 7.25. The van der Waals surface area contributed by atoms with Crippen molar-refractivity contribution < 1.29 is 9.22 Å². The van der Waals surface area contributed by atoms with Crippen LogP contribution in [0.25, 0.3) is 0 Å². The first-order valence-corrected chi connectivity index (χ1v) is 10.5. The van der Waals surface area contributed by atoms with Crippen LogP contribution in [0.4, 0.5) is 0 Å². The van der Waals surface area contributed by atoms with Crippen molar-refractivity contribution in [3.63, 3.8) is 0 Å². The van der Waals surface area contributed by atoms with E-state index < -0.39 is 8.32 Å². The third-order valence-electron chi connectivity index (χ3n) is 5.06. The molecular formula is C18H29NO2Si. The summed E-state index contributed by atoms with van der Waals surface area (Å²) in [6.07, 6.45) is -0.332. The van der Waals surface area contributed by atoms with E-state index in [0.29, 0.717) is 16.6 Å². The topological polar surface area (TPSA) is 38.3 Å². The molecule has 122 valence electrons. The maximum atomic E-state index is 12.1. The van der Waals surface area contributed by atoms with Gasteiger partial charge in [0.05, 0.1) is 6.04 Å². The van der Waals surface area contributed by atoms with Gasteiger partial charge in [-0.05, 0) is 22.2 Å². The molecule has 3 nitrogen and oxygen atoms in total. The lowest BCUT2D eigenvalue weighted by Crippen LogP contribution is -2.63. The third kappa shape index (κ3) is 2.86. The molecular weight excluding hydrogens is 290 g/mol. The van der Waals surface area contributed by atoms with Crippen LogP contribution in [0.15, 0.2) is 30.3 Å². The van der Waals surface area contributed by atoms with E-state index in [1.165, 1.54) is 0 Å². The van der Waals surface area contributed by atoms with Crippen molar-refractivity contribution >= 4 is 14.2 Å². The number of rotatable bonds is 6. The Labute approximate surface area is 135 Å². The van der Waals surface area contributed by atoms with Crippen LogP contribution < -0.4 is 5.32 Å². The molecule has 0 radical (unpaired) electrons. The van der Waals surface area contributed by atoms with Crippen molar-refractivity contribution in [2.45, 2.75) is 70.3 Å². The summed E-state index contributed by atoms with van der Waals surface area (Å²) < 4.78 is 6.66. The Morgan fingerprint density at radius 1 is 0.955 bits per heavy atom. The van der Waals surface area contributed by atoms with Gasteiger partial charge in [-0.25, -0.2) is 0 Å². The largest absolute Gasteiger partial charge is 0.402 e. The van der Waals surface area contributed by atoms with Gasteiger partial charge in [0, 0.05) is 0 Å². The average Bonchev–Trinajstić information content (AvgIpc) is 2.45. The van der Waals surface area contributed by atoms with E-state index >= 15 is 0 Å². The van der Waals surface area contributed by atoms with Gasteiger partial charge >= 0.3 is 0 Å². The smallest absolute Gasteiger partial charge is 0.251 e. The minimum Gasteiger partial charge on any atom is -0.402 e. The lowest BCUT2D eigenvalue weighted by atomic mass is 9.94. The van der Waals surface area contributed by atoms with Gasteiger partial charge in [-0.15, -0.1) is 0 Å². The first kappa shape index (κ1) is 17.2. The van der Waals surface area contributed by atoms with Crippen LogP contribution in [0.1, 0.15) is 53.1 Å². The van der Waals surface area contributed by atoms with Gasteiger partial charge in [0.2, 0.25) is 8.32 Å². The van der Waals surface area contributed by atoms with Gasteiger partial charge < -0.3 is 9.74 Å². The molecule has 0 spiro atoms. The first-order valence-electron chi connectivity index (χ1n) is 8.33. The molecule has 0 bridgehead atoms. The van der Waals surface area contributed by atoms with Gasteiger partial charge in [-0.2, -0.15) is 0 Å². The fraction of sp³-hybridized carbons (Fsp3) is 0.611. The number of β-lactam (4-membered cyclic amide) rings is 1. The number of benzene rings is 1. The zero-order valence-corrected chi connectivity index (χ0v) is 15.6. The fourth-order valence-corrected chi connectivity index (χ4v) is 9.53. The standard InChI is InChI=1S/C18H29NO2Si/c1-12(2)22(13(3)4,14(5)6)21-17-16(19-18(17)20)15-10-8-7-9-11-15/h7-14,16-17H,1-6H3,(H,19,20)/t16-,17+/m1/s1. The van der Waals surface area contributed by atoms with E-state index in [9.17, 15) is 4.79 Å². The monoisotopic (exact) mass is 319 g/mol. The summed E-state index contributed by atoms with van der Waals surface area (Å²) in [4.78, 5) is 12.1. The van der Waals surface area contributed by atoms with Gasteiger partial charge in [-0.1, -0.05) is 71.9 Å². The number of amides is 1. The Morgan fingerprint density at radius 2 is 1.45 bits per heavy atom. The predicted octanol–water partition coefficient (Wildman–Crippen LogP) is 4.42. The Hall–Kier alpha value is -1.13. The average molecular weight is 320 g/mol. The SMILES string of the molecule is CC(C)[Si](O[C@@H]1C(=O)N[C@@H]1c1ccccc1)(C(C)C)C(C)C. The molecule has 1 fully saturated rings. The summed E-state index contributed by atoms with van der Waals surface area (Å²) in [5.41, 5.74) is 2.58. The van der Waals surface area contributed by atoms with Crippen molar-refractivity contribution in [3.05, 3.63) is 35.9 Å². The van der Waals surface area contributed by atoms with Crippen LogP contribution in [-0.4, -0.2) is 20.3 Å². The molecule has 0 saturated carbocycles. The minimum absolute atomic E-state index is 0.00294. The molecule has 1 aromatic rings. The van der Waals surface area contributed by atoms with E-state index in [0.717, 1.165) is 5.56 Å². The fourth-order valence-electron chi connectivity index (χ4n) is 4.03. The van der Waals surface area contributed by atoms with Crippen molar-refractivity contribution in [1.29, 1.82) is 0 Å². The van der Waals surface area contributed by atoms with E-state index in [4.69, 9.17) is 4.43 Å². The molecule has 1 aromatic carbocycles. The molecule has 0 aliphatic carbocycles. The number of hydrogen-bond donors (Lipinski definition) is 1. The maximum Gasteiger partial charge on any atom is 0.251 e. The minimum atomic E-state index is -2.04. The highest BCUT2D eigenvalue weighted by Gasteiger charge is 2.52. The molecule has 22 heavy (non-hydrogen) atoms. The molecule has 2 atom stereocenters. The molecule has 1 amide bonds. The van der Waals surface area contributed by atoms with Crippen LogP contribution in [0.3, 0.4) is 0 Å². The molecule has 4 heteroatoms. The van der Waals surface area contributed by atoms with Gasteiger partial charge in [0.1, 0.15) is 6.10 Å². The highest BCUT2D eigenvalue weighted by atomic mass is 28.4. The van der Waals surface area contributed by atoms with Gasteiger partial charge in [0.25, 0.3) is 5.91 Å². The maximum absolute atomic E-state index is 12.1. The molecule has 1 aliphatic rings. The molecule has 1 aliphatic heterocycles. The highest BCUT2D eigenvalue weighted by molar-refractivity contribution is 6.77. The Bertz CT molecular complexity index is 491. The Kier molecular flexibility index (Phi) is 5.13. The van der Waals surface area contributed by atoms with Crippen molar-refractivity contribution in [2.75, 3.05) is 0 Å². The number of nitrogens with one attached hydrogen (secondary N) is 1. The Balaban J connectivity index is 2.27. The van der Waals surface area contributed by atoms with Crippen LogP contribution in [0.5, 0.6) is 0 Å². The van der Waals surface area contributed by atoms with Crippen molar-refractivity contribution in [3.8, 4) is 0 Å². The normalized spacial score (nSPS) is 22.1. The molecule has 2 rings (SSSR count). The third-order valence-corrected chi connectivity index (χ3v) is 11.1. The second-order valence-corrected chi connectivity index (χ2v) is 12.7. The molecule has 1 saturated heterocycles. The number of hydrogen-bond acceptors (Lipinski definition) is 2. The first-order chi connectivity index (χ1) is 10.3. The zero-order chi connectivity index (χ0) is 16.5. The lowest BCUT2D eigenvalue weighted by molar-refractivity contribution is -0.141. The lowest BCUT2D eigenvalue weighted by Gasteiger charge is -2.48. The summed E-state index contributed by atoms with van der Waals surface area (Å²) in [5, 5.41) is 3.01. The van der Waals surface area contributed by atoms with Crippen LogP contribution in [-0.2, 0) is 9.22 Å². The molecule has 0 unspecified atom stereocenters. The van der Waals surface area contributed by atoms with Crippen molar-refractivity contribution in [2.24, 2.45) is 0 Å². The highest BCUT2D eigenvalue weighted by Crippen LogP contribution is 2.45. The summed E-state index contributed by atoms with van der Waals surface area (Å²) >= 11 is 0. The summed E-state index contributed by atoms with van der Waals surface area (Å²) in [7, 11) is -2.04. The van der Waals surface area contributed by atoms with Gasteiger partial charge in [-0.3, -0.25) is 4.79 Å². The summed E-state index contributed by atoms with van der Waals surface area (Å²) in [5.74, 6) is 0.0349. The van der Waals surface area contributed by atoms with E-state index in [2.05, 4.69) is 59.0 Å². The second kappa shape index (κ2) is 6.55. The molecule has 1 heterocycles. The van der Waals surface area contributed by atoms with E-state index in [1.54, 1.807) is 0 Å². The van der Waals surface area contributed by atoms with Crippen LogP contribution in [0.2, 0.25) is 16.6 Å². The number of carbonyl (C=O) groups excluding carboxylic acids is 1. The predicted molar refractivity (Wildman–Crippen MR) is 93.2 cm³/mol. The van der Waals surface area contributed by atoms with Crippen molar-refractivity contribution in [1.82, 2.24) is 5.32 Å². The van der Waals surface area contributed by atoms with E-state index in [-0.39, 0.29) is 18.1 Å². The summed E-state index contributed by atoms with van der Waals surface area (Å²) in [6.45, 7) is 13.5. The van der Waals surface area contributed by atoms with E-state index in [1.807, 2.05) is 18.2 Å². The van der Waals surface area contributed by atoms with Gasteiger partial charge in [0.15, 0.2) is 0 Å². The molecule has 0 aromatic heterocycles. The van der Waals surface area contributed by atoms with Crippen LogP contribution in [0, 0.1) is 0 Å². The number of carbonyl (C=O) groups is 1. The van der Waals surface area contributed by atoms with Crippen LogP contribution >= 0.6 is 0 Å². The zero-order valence-electron chi connectivity index (χ0n) is 14.6. The quantitative estimate of drug-likeness (QED) is 0.622. The molecule has 1 N–H and O–H groups in total.